The summed E-state index contributed by atoms with van der Waals surface area (Å²) >= 11 is 0. The zero-order valence-corrected chi connectivity index (χ0v) is 14.8. The summed E-state index contributed by atoms with van der Waals surface area (Å²) in [7, 11) is -3.66. The van der Waals surface area contributed by atoms with Crippen LogP contribution in [0.15, 0.2) is 0 Å². The SMILES string of the molecule is CCC1CN(C(CC)C(=O)N2CCN(S(N)(=O)=O)CC2)CCO1. The summed E-state index contributed by atoms with van der Waals surface area (Å²) in [4.78, 5) is 16.8. The molecule has 0 aliphatic carbocycles. The third kappa shape index (κ3) is 4.63. The van der Waals surface area contributed by atoms with Gasteiger partial charge in [0, 0.05) is 39.3 Å². The number of rotatable bonds is 5. The van der Waals surface area contributed by atoms with Gasteiger partial charge in [0.05, 0.1) is 18.8 Å². The first-order chi connectivity index (χ1) is 10.9. The first kappa shape index (κ1) is 18.6. The fourth-order valence-electron chi connectivity index (χ4n) is 3.23. The minimum absolute atomic E-state index is 0.0818. The Labute approximate surface area is 138 Å². The Bertz CT molecular complexity index is 505. The van der Waals surface area contributed by atoms with Gasteiger partial charge in [-0.25, -0.2) is 5.14 Å². The van der Waals surface area contributed by atoms with E-state index in [1.165, 1.54) is 4.31 Å². The Morgan fingerprint density at radius 2 is 1.87 bits per heavy atom. The number of nitrogens with zero attached hydrogens (tertiary/aromatic N) is 3. The van der Waals surface area contributed by atoms with E-state index < -0.39 is 10.2 Å². The molecule has 0 spiro atoms. The van der Waals surface area contributed by atoms with E-state index in [0.717, 1.165) is 25.9 Å². The van der Waals surface area contributed by atoms with Crippen molar-refractivity contribution in [2.45, 2.75) is 38.8 Å². The van der Waals surface area contributed by atoms with Gasteiger partial charge in [0.1, 0.15) is 0 Å². The molecule has 2 N–H and O–H groups in total. The molecule has 0 aromatic rings. The van der Waals surface area contributed by atoms with Crippen molar-refractivity contribution < 1.29 is 17.9 Å². The molecule has 2 saturated heterocycles. The highest BCUT2D eigenvalue weighted by molar-refractivity contribution is 7.86. The quantitative estimate of drug-likeness (QED) is 0.703. The highest BCUT2D eigenvalue weighted by Crippen LogP contribution is 2.17. The summed E-state index contributed by atoms with van der Waals surface area (Å²) in [5.74, 6) is 0.0818. The summed E-state index contributed by atoms with van der Waals surface area (Å²) in [6.07, 6.45) is 1.86. The van der Waals surface area contributed by atoms with Gasteiger partial charge >= 0.3 is 0 Å². The predicted octanol–water partition coefficient (Wildman–Crippen LogP) is -0.776. The van der Waals surface area contributed by atoms with Crippen molar-refractivity contribution in [3.05, 3.63) is 0 Å². The molecule has 0 aromatic heterocycles. The lowest BCUT2D eigenvalue weighted by atomic mass is 10.1. The van der Waals surface area contributed by atoms with Crippen LogP contribution in [-0.2, 0) is 19.7 Å². The van der Waals surface area contributed by atoms with Crippen LogP contribution in [0.2, 0.25) is 0 Å². The molecular weight excluding hydrogens is 320 g/mol. The number of morpholine rings is 1. The van der Waals surface area contributed by atoms with Gasteiger partial charge in [0.25, 0.3) is 10.2 Å². The summed E-state index contributed by atoms with van der Waals surface area (Å²) in [5.41, 5.74) is 0. The fraction of sp³-hybridized carbons (Fsp3) is 0.929. The van der Waals surface area contributed by atoms with Gasteiger partial charge in [0.2, 0.25) is 5.91 Å². The largest absolute Gasteiger partial charge is 0.376 e. The van der Waals surface area contributed by atoms with E-state index in [2.05, 4.69) is 11.8 Å². The lowest BCUT2D eigenvalue weighted by Gasteiger charge is -2.40. The second-order valence-electron chi connectivity index (χ2n) is 6.09. The average molecular weight is 348 g/mol. The molecule has 0 bridgehead atoms. The van der Waals surface area contributed by atoms with Gasteiger partial charge in [-0.3, -0.25) is 9.69 Å². The van der Waals surface area contributed by atoms with Crippen LogP contribution in [-0.4, -0.2) is 86.5 Å². The lowest BCUT2D eigenvalue weighted by molar-refractivity contribution is -0.141. The minimum atomic E-state index is -3.66. The van der Waals surface area contributed by atoms with Crippen LogP contribution in [0.4, 0.5) is 0 Å². The van der Waals surface area contributed by atoms with Crippen LogP contribution < -0.4 is 5.14 Å². The maximum Gasteiger partial charge on any atom is 0.277 e. The number of nitrogens with two attached hydrogens (primary N) is 1. The van der Waals surface area contributed by atoms with Crippen molar-refractivity contribution in [2.75, 3.05) is 45.9 Å². The Kier molecular flexibility index (Phi) is 6.38. The zero-order valence-electron chi connectivity index (χ0n) is 14.0. The summed E-state index contributed by atoms with van der Waals surface area (Å²) in [6.45, 7) is 7.62. The van der Waals surface area contributed by atoms with Crippen molar-refractivity contribution in [1.82, 2.24) is 14.1 Å². The molecule has 0 saturated carbocycles. The third-order valence-corrected chi connectivity index (χ3v) is 5.73. The molecule has 0 aromatic carbocycles. The minimum Gasteiger partial charge on any atom is -0.376 e. The first-order valence-corrected chi connectivity index (χ1v) is 9.79. The van der Waals surface area contributed by atoms with E-state index in [0.29, 0.717) is 19.7 Å². The molecule has 2 unspecified atom stereocenters. The average Bonchev–Trinajstić information content (AvgIpc) is 2.55. The van der Waals surface area contributed by atoms with Crippen molar-refractivity contribution >= 4 is 16.1 Å². The maximum atomic E-state index is 12.8. The molecule has 9 heteroatoms. The van der Waals surface area contributed by atoms with Gasteiger partial charge in [0.15, 0.2) is 0 Å². The van der Waals surface area contributed by atoms with E-state index in [1.807, 2.05) is 6.92 Å². The number of amides is 1. The molecule has 2 atom stereocenters. The molecule has 1 amide bonds. The zero-order chi connectivity index (χ0) is 17.0. The van der Waals surface area contributed by atoms with E-state index in [-0.39, 0.29) is 31.1 Å². The topological polar surface area (TPSA) is 96.2 Å². The monoisotopic (exact) mass is 348 g/mol. The Hall–Kier alpha value is -0.740. The first-order valence-electron chi connectivity index (χ1n) is 8.29. The summed E-state index contributed by atoms with van der Waals surface area (Å²) < 4.78 is 29.6. The predicted molar refractivity (Wildman–Crippen MR) is 86.9 cm³/mol. The molecule has 2 rings (SSSR count). The van der Waals surface area contributed by atoms with Gasteiger partial charge in [-0.05, 0) is 12.8 Å². The summed E-state index contributed by atoms with van der Waals surface area (Å²) in [5, 5.41) is 5.14. The van der Waals surface area contributed by atoms with Crippen LogP contribution >= 0.6 is 0 Å². The molecule has 2 aliphatic heterocycles. The van der Waals surface area contributed by atoms with Crippen LogP contribution in [0.5, 0.6) is 0 Å². The number of hydrogen-bond acceptors (Lipinski definition) is 5. The lowest BCUT2D eigenvalue weighted by Crippen LogP contribution is -2.58. The molecule has 8 nitrogen and oxygen atoms in total. The Balaban J connectivity index is 1.95. The van der Waals surface area contributed by atoms with E-state index in [1.54, 1.807) is 4.90 Å². The third-order valence-electron chi connectivity index (χ3n) is 4.65. The Morgan fingerprint density at radius 3 is 2.39 bits per heavy atom. The van der Waals surface area contributed by atoms with Crippen LogP contribution in [0.1, 0.15) is 26.7 Å². The molecule has 134 valence electrons. The number of carbonyl (C=O) groups is 1. The smallest absolute Gasteiger partial charge is 0.277 e. The highest BCUT2D eigenvalue weighted by Gasteiger charge is 2.34. The van der Waals surface area contributed by atoms with E-state index >= 15 is 0 Å². The van der Waals surface area contributed by atoms with Crippen LogP contribution in [0, 0.1) is 0 Å². The standard InChI is InChI=1S/C14H28N4O4S/c1-3-12-11-17(9-10-22-12)13(4-2)14(19)16-5-7-18(8-6-16)23(15,20)21/h12-13H,3-11H2,1-2H3,(H2,15,20,21). The number of ether oxygens (including phenoxy) is 1. The van der Waals surface area contributed by atoms with E-state index in [9.17, 15) is 13.2 Å². The van der Waals surface area contributed by atoms with Gasteiger partial charge < -0.3 is 9.64 Å². The van der Waals surface area contributed by atoms with Crippen molar-refractivity contribution in [1.29, 1.82) is 0 Å². The molecular formula is C14H28N4O4S. The van der Waals surface area contributed by atoms with Crippen LogP contribution in [0.25, 0.3) is 0 Å². The van der Waals surface area contributed by atoms with Gasteiger partial charge in [-0.2, -0.15) is 12.7 Å². The second-order valence-corrected chi connectivity index (χ2v) is 7.64. The fourth-order valence-corrected chi connectivity index (χ4v) is 3.91. The molecule has 2 heterocycles. The Morgan fingerprint density at radius 1 is 1.22 bits per heavy atom. The number of carbonyl (C=O) groups excluding carboxylic acids is 1. The van der Waals surface area contributed by atoms with E-state index in [4.69, 9.17) is 9.88 Å². The highest BCUT2D eigenvalue weighted by atomic mass is 32.2. The van der Waals surface area contributed by atoms with Crippen LogP contribution in [0.3, 0.4) is 0 Å². The van der Waals surface area contributed by atoms with Crippen molar-refractivity contribution in [3.8, 4) is 0 Å². The second kappa shape index (κ2) is 7.89. The molecule has 23 heavy (non-hydrogen) atoms. The molecule has 2 fully saturated rings. The van der Waals surface area contributed by atoms with Gasteiger partial charge in [-0.1, -0.05) is 13.8 Å². The number of piperazine rings is 1. The van der Waals surface area contributed by atoms with Gasteiger partial charge in [-0.15, -0.1) is 0 Å². The molecule has 0 radical (unpaired) electrons. The van der Waals surface area contributed by atoms with Crippen molar-refractivity contribution in [2.24, 2.45) is 5.14 Å². The van der Waals surface area contributed by atoms with Crippen molar-refractivity contribution in [3.63, 3.8) is 0 Å². The normalized spacial score (nSPS) is 26.2. The summed E-state index contributed by atoms with van der Waals surface area (Å²) in [6, 6.07) is -0.158. The molecule has 2 aliphatic rings. The maximum absolute atomic E-state index is 12.8. The number of hydrogen-bond donors (Lipinski definition) is 1.